The van der Waals surface area contributed by atoms with E-state index in [0.29, 0.717) is 48.7 Å². The highest BCUT2D eigenvalue weighted by molar-refractivity contribution is 6.04. The number of benzene rings is 1. The van der Waals surface area contributed by atoms with E-state index in [2.05, 4.69) is 25.2 Å². The third-order valence-electron chi connectivity index (χ3n) is 6.10. The van der Waals surface area contributed by atoms with Gasteiger partial charge in [0.2, 0.25) is 0 Å². The fourth-order valence-corrected chi connectivity index (χ4v) is 4.36. The second kappa shape index (κ2) is 10.0. The quantitative estimate of drug-likeness (QED) is 0.427. The number of aromatic nitrogens is 4. The van der Waals surface area contributed by atoms with Crippen molar-refractivity contribution in [3.63, 3.8) is 0 Å². The molecule has 1 aliphatic heterocycles. The summed E-state index contributed by atoms with van der Waals surface area (Å²) in [6.07, 6.45) is 2.91. The zero-order chi connectivity index (χ0) is 26.9. The van der Waals surface area contributed by atoms with Gasteiger partial charge in [-0.1, -0.05) is 18.2 Å². The van der Waals surface area contributed by atoms with Crippen LogP contribution < -0.4 is 15.9 Å². The maximum absolute atomic E-state index is 13.2. The first-order chi connectivity index (χ1) is 18.2. The van der Waals surface area contributed by atoms with Crippen molar-refractivity contribution in [3.8, 4) is 5.82 Å². The van der Waals surface area contributed by atoms with Gasteiger partial charge in [-0.25, -0.2) is 19.1 Å². The topological polar surface area (TPSA) is 125 Å². The number of amides is 2. The minimum atomic E-state index is -0.552. The Labute approximate surface area is 219 Å². The highest BCUT2D eigenvalue weighted by Gasteiger charge is 2.27. The second-order valence-electron chi connectivity index (χ2n) is 9.97. The van der Waals surface area contributed by atoms with Crippen molar-refractivity contribution in [1.82, 2.24) is 24.4 Å². The van der Waals surface area contributed by atoms with E-state index < -0.39 is 11.5 Å². The number of hydrogen-bond donors (Lipinski definition) is 2. The zero-order valence-electron chi connectivity index (χ0n) is 21.5. The molecular weight excluding hydrogens is 486 g/mol. The van der Waals surface area contributed by atoms with Gasteiger partial charge in [-0.2, -0.15) is 0 Å². The lowest BCUT2D eigenvalue weighted by Crippen LogP contribution is -2.50. The first kappa shape index (κ1) is 25.0. The third-order valence-corrected chi connectivity index (χ3v) is 6.10. The van der Waals surface area contributed by atoms with Crippen LogP contribution in [0, 0.1) is 0 Å². The van der Waals surface area contributed by atoms with Crippen molar-refractivity contribution in [3.05, 3.63) is 77.1 Å². The fraction of sp³-hybridized carbons (Fsp3) is 0.296. The molecule has 196 valence electrons. The molecule has 11 nitrogen and oxygen atoms in total. The number of imidazole rings is 1. The first-order valence-corrected chi connectivity index (χ1v) is 12.3. The molecule has 1 saturated heterocycles. The van der Waals surface area contributed by atoms with Crippen LogP contribution in [-0.4, -0.2) is 68.2 Å². The van der Waals surface area contributed by atoms with Gasteiger partial charge in [0.25, 0.3) is 5.91 Å². The summed E-state index contributed by atoms with van der Waals surface area (Å²) in [5.74, 6) is -0.0915. The molecule has 0 spiro atoms. The fourth-order valence-electron chi connectivity index (χ4n) is 4.36. The van der Waals surface area contributed by atoms with Crippen LogP contribution in [0.4, 0.5) is 16.2 Å². The molecule has 0 aliphatic carbocycles. The van der Waals surface area contributed by atoms with Crippen LogP contribution in [0.25, 0.3) is 16.9 Å². The molecule has 0 bridgehead atoms. The summed E-state index contributed by atoms with van der Waals surface area (Å²) in [6, 6.07) is 14.1. The average molecular weight is 516 g/mol. The van der Waals surface area contributed by atoms with E-state index in [-0.39, 0.29) is 17.5 Å². The molecule has 2 N–H and O–H groups in total. The lowest BCUT2D eigenvalue weighted by atomic mass is 10.2. The molecule has 1 aromatic carbocycles. The third kappa shape index (κ3) is 5.22. The van der Waals surface area contributed by atoms with E-state index in [4.69, 9.17) is 4.74 Å². The number of carbonyl (C=O) groups excluding carboxylic acids is 2. The molecule has 3 aromatic heterocycles. The number of para-hydroxylation sites is 2. The SMILES string of the molecule is CC(C)(C)OC(=O)N1CCN(c2ccncc2NC(=O)c2cccc(-n3c(=O)[nH]c4ccccc43)n2)CC1. The molecule has 1 fully saturated rings. The number of carbonyl (C=O) groups is 2. The summed E-state index contributed by atoms with van der Waals surface area (Å²) in [6.45, 7) is 7.66. The lowest BCUT2D eigenvalue weighted by molar-refractivity contribution is 0.0240. The maximum Gasteiger partial charge on any atom is 0.410 e. The normalized spacial score (nSPS) is 14.0. The molecule has 0 atom stereocenters. The van der Waals surface area contributed by atoms with Gasteiger partial charge in [-0.3, -0.25) is 9.78 Å². The Morgan fingerprint density at radius 2 is 1.76 bits per heavy atom. The van der Waals surface area contributed by atoms with Crippen molar-refractivity contribution in [2.45, 2.75) is 26.4 Å². The van der Waals surface area contributed by atoms with Gasteiger partial charge in [-0.15, -0.1) is 0 Å². The summed E-state index contributed by atoms with van der Waals surface area (Å²) in [4.78, 5) is 53.4. The molecule has 11 heteroatoms. The first-order valence-electron chi connectivity index (χ1n) is 12.3. The molecule has 5 rings (SSSR count). The van der Waals surface area contributed by atoms with Crippen LogP contribution in [0.2, 0.25) is 0 Å². The predicted octanol–water partition coefficient (Wildman–Crippen LogP) is 3.42. The molecule has 4 heterocycles. The summed E-state index contributed by atoms with van der Waals surface area (Å²) >= 11 is 0. The number of nitrogens with zero attached hydrogens (tertiary/aromatic N) is 5. The van der Waals surface area contributed by atoms with Crippen LogP contribution in [0.5, 0.6) is 0 Å². The predicted molar refractivity (Wildman–Crippen MR) is 144 cm³/mol. The van der Waals surface area contributed by atoms with Crippen molar-refractivity contribution < 1.29 is 14.3 Å². The van der Waals surface area contributed by atoms with Crippen LogP contribution in [-0.2, 0) is 4.74 Å². The number of H-pyrrole nitrogens is 1. The Morgan fingerprint density at radius 1 is 1.00 bits per heavy atom. The summed E-state index contributed by atoms with van der Waals surface area (Å²) < 4.78 is 6.92. The molecule has 38 heavy (non-hydrogen) atoms. The maximum atomic E-state index is 13.2. The van der Waals surface area contributed by atoms with Gasteiger partial charge >= 0.3 is 11.8 Å². The van der Waals surface area contributed by atoms with Gasteiger partial charge in [0.05, 0.1) is 28.6 Å². The zero-order valence-corrected chi connectivity index (χ0v) is 21.5. The Hall–Kier alpha value is -4.67. The second-order valence-corrected chi connectivity index (χ2v) is 9.97. The largest absolute Gasteiger partial charge is 0.444 e. The average Bonchev–Trinajstić information content (AvgIpc) is 3.24. The standard InChI is InChI=1S/C27H29N7O4/c1-27(2,3)38-26(37)33-15-13-32(14-16-33)21-11-12-28-17-20(21)30-24(35)19-8-6-10-23(29-19)34-22-9-5-4-7-18(22)31-25(34)36/h4-12,17H,13-16H2,1-3H3,(H,30,35)(H,31,36). The Balaban J connectivity index is 1.32. The van der Waals surface area contributed by atoms with Crippen LogP contribution in [0.1, 0.15) is 31.3 Å². The molecule has 0 radical (unpaired) electrons. The number of aromatic amines is 1. The molecule has 4 aromatic rings. The van der Waals surface area contributed by atoms with Gasteiger partial charge in [0.15, 0.2) is 0 Å². The Bertz CT molecular complexity index is 1540. The van der Waals surface area contributed by atoms with Gasteiger partial charge in [0.1, 0.15) is 17.1 Å². The number of pyridine rings is 2. The molecule has 0 saturated carbocycles. The molecule has 1 aliphatic rings. The number of rotatable bonds is 4. The highest BCUT2D eigenvalue weighted by Crippen LogP contribution is 2.26. The smallest absolute Gasteiger partial charge is 0.410 e. The van der Waals surface area contributed by atoms with E-state index in [9.17, 15) is 14.4 Å². The van der Waals surface area contributed by atoms with Gasteiger partial charge < -0.3 is 24.8 Å². The van der Waals surface area contributed by atoms with Crippen LogP contribution in [0.3, 0.4) is 0 Å². The molecule has 2 amide bonds. The monoisotopic (exact) mass is 515 g/mol. The van der Waals surface area contributed by atoms with E-state index >= 15 is 0 Å². The molecule has 0 unspecified atom stereocenters. The Kier molecular flexibility index (Phi) is 6.58. The van der Waals surface area contributed by atoms with Crippen LogP contribution >= 0.6 is 0 Å². The number of anilines is 2. The number of piperazine rings is 1. The van der Waals surface area contributed by atoms with E-state index in [1.807, 2.05) is 45.0 Å². The van der Waals surface area contributed by atoms with E-state index in [0.717, 1.165) is 5.69 Å². The van der Waals surface area contributed by atoms with Crippen molar-refractivity contribution in [1.29, 1.82) is 0 Å². The van der Waals surface area contributed by atoms with Gasteiger partial charge in [-0.05, 0) is 51.1 Å². The van der Waals surface area contributed by atoms with E-state index in [1.54, 1.807) is 41.6 Å². The number of ether oxygens (including phenoxy) is 1. The van der Waals surface area contributed by atoms with Crippen molar-refractivity contribution in [2.75, 3.05) is 36.4 Å². The van der Waals surface area contributed by atoms with Gasteiger partial charge in [0, 0.05) is 32.4 Å². The van der Waals surface area contributed by atoms with Crippen LogP contribution in [0.15, 0.2) is 65.7 Å². The van der Waals surface area contributed by atoms with Crippen molar-refractivity contribution in [2.24, 2.45) is 0 Å². The lowest BCUT2D eigenvalue weighted by Gasteiger charge is -2.37. The van der Waals surface area contributed by atoms with E-state index in [1.165, 1.54) is 4.57 Å². The summed E-state index contributed by atoms with van der Waals surface area (Å²) in [5.41, 5.74) is 1.94. The number of nitrogens with one attached hydrogen (secondary N) is 2. The number of hydrogen-bond acceptors (Lipinski definition) is 7. The summed E-state index contributed by atoms with van der Waals surface area (Å²) in [5, 5.41) is 2.91. The van der Waals surface area contributed by atoms with Crippen molar-refractivity contribution >= 4 is 34.4 Å². The Morgan fingerprint density at radius 3 is 2.53 bits per heavy atom. The minimum absolute atomic E-state index is 0.157. The summed E-state index contributed by atoms with van der Waals surface area (Å²) in [7, 11) is 0. The molecular formula is C27H29N7O4. The highest BCUT2D eigenvalue weighted by atomic mass is 16.6. The number of fused-ring (bicyclic) bond motifs is 1. The minimum Gasteiger partial charge on any atom is -0.444 e.